The van der Waals surface area contributed by atoms with Crippen LogP contribution >= 0.6 is 0 Å². The van der Waals surface area contributed by atoms with E-state index in [2.05, 4.69) is 33.1 Å². The summed E-state index contributed by atoms with van der Waals surface area (Å²) in [6.45, 7) is 2.10. The Bertz CT molecular complexity index is 544. The largest absolute Gasteiger partial charge is 0.356 e. The lowest BCUT2D eigenvalue weighted by molar-refractivity contribution is 0.753. The lowest BCUT2D eigenvalue weighted by atomic mass is 10.2. The second-order valence-corrected chi connectivity index (χ2v) is 3.75. The third kappa shape index (κ3) is 2.70. The van der Waals surface area contributed by atoms with Gasteiger partial charge in [-0.2, -0.15) is 0 Å². The van der Waals surface area contributed by atoms with E-state index in [9.17, 15) is 0 Å². The van der Waals surface area contributed by atoms with E-state index in [0.29, 0.717) is 5.65 Å². The molecule has 0 aliphatic heterocycles. The highest BCUT2D eigenvalue weighted by molar-refractivity contribution is 5.71. The number of anilines is 1. The Hall–Kier alpha value is -2.15. The van der Waals surface area contributed by atoms with E-state index in [1.165, 1.54) is 0 Å². The molecular formula is C13H14N4. The van der Waals surface area contributed by atoms with E-state index in [1.807, 2.05) is 12.1 Å². The summed E-state index contributed by atoms with van der Waals surface area (Å²) in [5.74, 6) is 3.46. The molecule has 0 aromatic carbocycles. The van der Waals surface area contributed by atoms with E-state index in [4.69, 9.17) is 6.42 Å². The van der Waals surface area contributed by atoms with Gasteiger partial charge >= 0.3 is 0 Å². The molecule has 0 amide bonds. The summed E-state index contributed by atoms with van der Waals surface area (Å²) in [4.78, 5) is 12.7. The fraction of sp³-hybridized carbons (Fsp3) is 0.308. The van der Waals surface area contributed by atoms with Gasteiger partial charge in [0.15, 0.2) is 5.65 Å². The molecule has 2 aromatic heterocycles. The summed E-state index contributed by atoms with van der Waals surface area (Å²) in [5.41, 5.74) is 1.41. The van der Waals surface area contributed by atoms with Crippen molar-refractivity contribution in [2.75, 3.05) is 5.32 Å². The molecule has 2 rings (SSSR count). The first-order valence-corrected chi connectivity index (χ1v) is 5.64. The van der Waals surface area contributed by atoms with Crippen LogP contribution in [0.1, 0.15) is 19.8 Å². The molecule has 4 heteroatoms. The molecule has 0 bridgehead atoms. The molecule has 0 saturated heterocycles. The van der Waals surface area contributed by atoms with Gasteiger partial charge in [-0.3, -0.25) is 4.98 Å². The second-order valence-electron chi connectivity index (χ2n) is 3.75. The standard InChI is InChI=1S/C13H14N4/c1-3-5-10(4-2)16-12-7-6-11-13(17-12)15-9-8-14-11/h2,6-10H,3,5H2,1H3,(H,15,16,17). The van der Waals surface area contributed by atoms with Crippen molar-refractivity contribution in [2.45, 2.75) is 25.8 Å². The molecule has 17 heavy (non-hydrogen) atoms. The Morgan fingerprint density at radius 1 is 1.35 bits per heavy atom. The van der Waals surface area contributed by atoms with Crippen molar-refractivity contribution in [3.63, 3.8) is 0 Å². The van der Waals surface area contributed by atoms with Gasteiger partial charge in [0.05, 0.1) is 6.04 Å². The number of nitrogens with one attached hydrogen (secondary N) is 1. The fourth-order valence-electron chi connectivity index (χ4n) is 1.60. The Morgan fingerprint density at radius 3 is 2.94 bits per heavy atom. The zero-order valence-electron chi connectivity index (χ0n) is 9.72. The van der Waals surface area contributed by atoms with Crippen LogP contribution in [0, 0.1) is 12.3 Å². The van der Waals surface area contributed by atoms with Crippen LogP contribution in [-0.4, -0.2) is 21.0 Å². The van der Waals surface area contributed by atoms with E-state index in [-0.39, 0.29) is 6.04 Å². The number of hydrogen-bond donors (Lipinski definition) is 1. The molecule has 1 N–H and O–H groups in total. The van der Waals surface area contributed by atoms with E-state index in [1.54, 1.807) is 12.4 Å². The minimum atomic E-state index is 0.0154. The normalized spacial score (nSPS) is 12.0. The van der Waals surface area contributed by atoms with Crippen LogP contribution in [0.5, 0.6) is 0 Å². The molecule has 86 valence electrons. The maximum absolute atomic E-state index is 5.45. The van der Waals surface area contributed by atoms with Crippen LogP contribution in [0.4, 0.5) is 5.82 Å². The van der Waals surface area contributed by atoms with E-state index >= 15 is 0 Å². The number of rotatable bonds is 4. The molecule has 2 heterocycles. The highest BCUT2D eigenvalue weighted by Crippen LogP contribution is 2.12. The van der Waals surface area contributed by atoms with Crippen molar-refractivity contribution >= 4 is 17.0 Å². The molecule has 0 spiro atoms. The molecule has 0 aliphatic rings. The number of terminal acetylenes is 1. The van der Waals surface area contributed by atoms with Crippen molar-refractivity contribution < 1.29 is 0 Å². The summed E-state index contributed by atoms with van der Waals surface area (Å²) in [6.07, 6.45) is 10.7. The average Bonchev–Trinajstić information content (AvgIpc) is 2.38. The van der Waals surface area contributed by atoms with Gasteiger partial charge in [0.2, 0.25) is 0 Å². The Kier molecular flexibility index (Phi) is 3.51. The quantitative estimate of drug-likeness (QED) is 0.812. The van der Waals surface area contributed by atoms with Gasteiger partial charge in [-0.1, -0.05) is 19.3 Å². The molecular weight excluding hydrogens is 212 g/mol. The van der Waals surface area contributed by atoms with Crippen LogP contribution in [0.15, 0.2) is 24.5 Å². The lowest BCUT2D eigenvalue weighted by Crippen LogP contribution is -2.17. The Balaban J connectivity index is 2.22. The van der Waals surface area contributed by atoms with Crippen LogP contribution in [0.25, 0.3) is 11.2 Å². The number of nitrogens with zero attached hydrogens (tertiary/aromatic N) is 3. The average molecular weight is 226 g/mol. The van der Waals surface area contributed by atoms with Crippen molar-refractivity contribution in [1.29, 1.82) is 0 Å². The molecule has 1 unspecified atom stereocenters. The molecule has 0 radical (unpaired) electrons. The highest BCUT2D eigenvalue weighted by atomic mass is 15.0. The van der Waals surface area contributed by atoms with Crippen molar-refractivity contribution in [3.8, 4) is 12.3 Å². The summed E-state index contributed by atoms with van der Waals surface area (Å²) in [7, 11) is 0. The Morgan fingerprint density at radius 2 is 2.18 bits per heavy atom. The zero-order chi connectivity index (χ0) is 12.1. The number of fused-ring (bicyclic) bond motifs is 1. The summed E-state index contributed by atoms with van der Waals surface area (Å²) < 4.78 is 0. The van der Waals surface area contributed by atoms with Crippen molar-refractivity contribution in [3.05, 3.63) is 24.5 Å². The first kappa shape index (κ1) is 11.3. The minimum absolute atomic E-state index is 0.0154. The predicted octanol–water partition coefficient (Wildman–Crippen LogP) is 2.24. The Labute approximate surface area is 101 Å². The molecule has 0 aliphatic carbocycles. The van der Waals surface area contributed by atoms with Crippen LogP contribution in [0.3, 0.4) is 0 Å². The lowest BCUT2D eigenvalue weighted by Gasteiger charge is -2.12. The van der Waals surface area contributed by atoms with E-state index in [0.717, 1.165) is 24.2 Å². The second kappa shape index (κ2) is 5.26. The highest BCUT2D eigenvalue weighted by Gasteiger charge is 2.05. The van der Waals surface area contributed by atoms with Gasteiger partial charge in [-0.25, -0.2) is 9.97 Å². The maximum Gasteiger partial charge on any atom is 0.180 e. The summed E-state index contributed by atoms with van der Waals surface area (Å²) in [5, 5.41) is 3.21. The fourth-order valence-corrected chi connectivity index (χ4v) is 1.60. The molecule has 0 saturated carbocycles. The summed E-state index contributed by atoms with van der Waals surface area (Å²) in [6, 6.07) is 3.77. The van der Waals surface area contributed by atoms with Crippen LogP contribution < -0.4 is 5.32 Å². The van der Waals surface area contributed by atoms with E-state index < -0.39 is 0 Å². The van der Waals surface area contributed by atoms with Gasteiger partial charge in [-0.15, -0.1) is 6.42 Å². The minimum Gasteiger partial charge on any atom is -0.356 e. The third-order valence-electron chi connectivity index (χ3n) is 2.43. The van der Waals surface area contributed by atoms with Gasteiger partial charge in [0.25, 0.3) is 0 Å². The van der Waals surface area contributed by atoms with Gasteiger partial charge in [0.1, 0.15) is 11.3 Å². The molecule has 2 aromatic rings. The molecule has 4 nitrogen and oxygen atoms in total. The van der Waals surface area contributed by atoms with Crippen LogP contribution in [-0.2, 0) is 0 Å². The van der Waals surface area contributed by atoms with Gasteiger partial charge in [0, 0.05) is 12.4 Å². The first-order valence-electron chi connectivity index (χ1n) is 5.64. The van der Waals surface area contributed by atoms with Gasteiger partial charge in [-0.05, 0) is 18.6 Å². The third-order valence-corrected chi connectivity index (χ3v) is 2.43. The number of hydrogen-bond acceptors (Lipinski definition) is 4. The number of aromatic nitrogens is 3. The van der Waals surface area contributed by atoms with Gasteiger partial charge < -0.3 is 5.32 Å². The summed E-state index contributed by atoms with van der Waals surface area (Å²) >= 11 is 0. The maximum atomic E-state index is 5.45. The molecule has 0 fully saturated rings. The number of pyridine rings is 1. The topological polar surface area (TPSA) is 50.7 Å². The van der Waals surface area contributed by atoms with Crippen molar-refractivity contribution in [2.24, 2.45) is 0 Å². The molecule has 1 atom stereocenters. The first-order chi connectivity index (χ1) is 8.33. The smallest absolute Gasteiger partial charge is 0.180 e. The zero-order valence-corrected chi connectivity index (χ0v) is 9.72. The predicted molar refractivity (Wildman–Crippen MR) is 68.5 cm³/mol. The SMILES string of the molecule is C#CC(CCC)Nc1ccc2nccnc2n1. The van der Waals surface area contributed by atoms with Crippen LogP contribution in [0.2, 0.25) is 0 Å². The monoisotopic (exact) mass is 226 g/mol. The van der Waals surface area contributed by atoms with Crippen molar-refractivity contribution in [1.82, 2.24) is 15.0 Å².